The average Bonchev–Trinajstić information content (AvgIpc) is 2.99. The molecule has 0 aliphatic carbocycles. The lowest BCUT2D eigenvalue weighted by atomic mass is 10.1. The molecule has 0 saturated heterocycles. The molecule has 0 amide bonds. The van der Waals surface area contributed by atoms with Gasteiger partial charge in [0.25, 0.3) is 5.56 Å². The molecule has 0 atom stereocenters. The highest BCUT2D eigenvalue weighted by Gasteiger charge is 2.10. The number of thiazole rings is 1. The van der Waals surface area contributed by atoms with E-state index in [4.69, 9.17) is 0 Å². The summed E-state index contributed by atoms with van der Waals surface area (Å²) in [5.74, 6) is 0. The Kier molecular flexibility index (Phi) is 2.87. The fourth-order valence-electron chi connectivity index (χ4n) is 2.74. The molecule has 22 heavy (non-hydrogen) atoms. The van der Waals surface area contributed by atoms with Crippen LogP contribution in [0.5, 0.6) is 0 Å². The highest BCUT2D eigenvalue weighted by atomic mass is 32.1. The number of nitrogens with zero attached hydrogens (tertiary/aromatic N) is 2. The van der Waals surface area contributed by atoms with E-state index in [0.717, 1.165) is 26.1 Å². The second-order valence-electron chi connectivity index (χ2n) is 5.49. The molecule has 2 heterocycles. The molecular weight excluding hydrogens is 292 g/mol. The van der Waals surface area contributed by atoms with Gasteiger partial charge in [-0.2, -0.15) is 0 Å². The first kappa shape index (κ1) is 13.2. The lowest BCUT2D eigenvalue weighted by Crippen LogP contribution is -2.22. The molecular formula is C18H14N2OS. The van der Waals surface area contributed by atoms with Crippen molar-refractivity contribution in [3.05, 3.63) is 74.0 Å². The van der Waals surface area contributed by atoms with Crippen LogP contribution < -0.4 is 10.1 Å². The number of hydrogen-bond acceptors (Lipinski definition) is 3. The van der Waals surface area contributed by atoms with E-state index in [2.05, 4.69) is 37.0 Å². The maximum Gasteiger partial charge on any atom is 0.274 e. The van der Waals surface area contributed by atoms with Gasteiger partial charge in [0.15, 0.2) is 4.96 Å². The molecule has 108 valence electrons. The van der Waals surface area contributed by atoms with Crippen LogP contribution in [-0.4, -0.2) is 9.38 Å². The number of benzene rings is 2. The van der Waals surface area contributed by atoms with Gasteiger partial charge in [0.2, 0.25) is 0 Å². The third-order valence-corrected chi connectivity index (χ3v) is 4.83. The van der Waals surface area contributed by atoms with E-state index in [9.17, 15) is 4.79 Å². The van der Waals surface area contributed by atoms with Crippen molar-refractivity contribution in [2.24, 2.45) is 0 Å². The highest BCUT2D eigenvalue weighted by molar-refractivity contribution is 7.15. The molecule has 0 aliphatic heterocycles. The Morgan fingerprint density at radius 3 is 2.77 bits per heavy atom. The van der Waals surface area contributed by atoms with E-state index in [-0.39, 0.29) is 5.56 Å². The third-order valence-electron chi connectivity index (χ3n) is 3.86. The van der Waals surface area contributed by atoms with Crippen molar-refractivity contribution in [2.75, 3.05) is 0 Å². The first-order valence-corrected chi connectivity index (χ1v) is 7.94. The third kappa shape index (κ3) is 1.96. The summed E-state index contributed by atoms with van der Waals surface area (Å²) >= 11 is 1.44. The largest absolute Gasteiger partial charge is 0.274 e. The fourth-order valence-corrected chi connectivity index (χ4v) is 3.72. The summed E-state index contributed by atoms with van der Waals surface area (Å²) < 4.78 is 2.43. The van der Waals surface area contributed by atoms with E-state index in [1.165, 1.54) is 22.5 Å². The zero-order valence-electron chi connectivity index (χ0n) is 12.3. The van der Waals surface area contributed by atoms with Crippen molar-refractivity contribution in [1.82, 2.24) is 9.38 Å². The van der Waals surface area contributed by atoms with Gasteiger partial charge in [-0.3, -0.25) is 4.79 Å². The van der Waals surface area contributed by atoms with Gasteiger partial charge in [-0.05, 0) is 43.2 Å². The van der Waals surface area contributed by atoms with Crippen LogP contribution in [-0.2, 0) is 0 Å². The lowest BCUT2D eigenvalue weighted by Gasteiger charge is -2.00. The second-order valence-corrected chi connectivity index (χ2v) is 6.50. The van der Waals surface area contributed by atoms with Crippen molar-refractivity contribution in [3.8, 4) is 0 Å². The minimum absolute atomic E-state index is 0.00803. The predicted octanol–water partition coefficient (Wildman–Crippen LogP) is 3.07. The standard InChI is InChI=1S/C18H14N2OS/c1-11-7-8-13(12(2)9-11)10-16-17(21)20-15-6-4-3-5-14(15)19-18(20)22-16/h3-10H,1-2H3/b16-10-. The fraction of sp³-hybridized carbons (Fsp3) is 0.111. The molecule has 0 bridgehead atoms. The quantitative estimate of drug-likeness (QED) is 0.541. The smallest absolute Gasteiger partial charge is 0.267 e. The van der Waals surface area contributed by atoms with Gasteiger partial charge >= 0.3 is 0 Å². The zero-order chi connectivity index (χ0) is 15.3. The molecule has 0 aliphatic rings. The average molecular weight is 306 g/mol. The summed E-state index contributed by atoms with van der Waals surface area (Å²) in [4.78, 5) is 18.0. The van der Waals surface area contributed by atoms with Crippen LogP contribution in [0.25, 0.3) is 22.1 Å². The summed E-state index contributed by atoms with van der Waals surface area (Å²) in [6.45, 7) is 4.14. The van der Waals surface area contributed by atoms with E-state index in [0.29, 0.717) is 0 Å². The Labute approximate surface area is 131 Å². The molecule has 0 radical (unpaired) electrons. The Balaban J connectivity index is 2.01. The number of hydrogen-bond donors (Lipinski definition) is 0. The predicted molar refractivity (Wildman–Crippen MR) is 91.5 cm³/mol. The van der Waals surface area contributed by atoms with Gasteiger partial charge in [-0.1, -0.05) is 47.2 Å². The number of fused-ring (bicyclic) bond motifs is 3. The molecule has 2 aromatic carbocycles. The van der Waals surface area contributed by atoms with Crippen molar-refractivity contribution >= 4 is 33.4 Å². The van der Waals surface area contributed by atoms with Gasteiger partial charge in [-0.25, -0.2) is 9.38 Å². The lowest BCUT2D eigenvalue weighted by molar-refractivity contribution is 1.19. The molecule has 4 rings (SSSR count). The van der Waals surface area contributed by atoms with Crippen LogP contribution in [0.3, 0.4) is 0 Å². The summed E-state index contributed by atoms with van der Waals surface area (Å²) in [6, 6.07) is 14.0. The molecule has 4 heteroatoms. The molecule has 0 saturated carbocycles. The van der Waals surface area contributed by atoms with Gasteiger partial charge in [0.05, 0.1) is 15.6 Å². The molecule has 2 aromatic heterocycles. The molecule has 0 unspecified atom stereocenters. The Morgan fingerprint density at radius 1 is 1.14 bits per heavy atom. The maximum atomic E-state index is 12.7. The van der Waals surface area contributed by atoms with E-state index >= 15 is 0 Å². The summed E-state index contributed by atoms with van der Waals surface area (Å²) in [6.07, 6.45) is 1.96. The number of aromatic nitrogens is 2. The minimum Gasteiger partial charge on any atom is -0.267 e. The normalized spacial score (nSPS) is 12.5. The van der Waals surface area contributed by atoms with E-state index in [1.807, 2.05) is 30.3 Å². The highest BCUT2D eigenvalue weighted by Crippen LogP contribution is 2.16. The van der Waals surface area contributed by atoms with Crippen LogP contribution in [0.4, 0.5) is 0 Å². The SMILES string of the molecule is Cc1ccc(/C=c2\sc3nc4ccccc4n3c2=O)c(C)c1. The van der Waals surface area contributed by atoms with Gasteiger partial charge in [0, 0.05) is 0 Å². The maximum absolute atomic E-state index is 12.7. The number of aryl methyl sites for hydroxylation is 2. The van der Waals surface area contributed by atoms with Crippen molar-refractivity contribution in [2.45, 2.75) is 13.8 Å². The van der Waals surface area contributed by atoms with E-state index < -0.39 is 0 Å². The Hall–Kier alpha value is -2.46. The molecule has 0 fully saturated rings. The molecule has 0 N–H and O–H groups in total. The summed E-state index contributed by atoms with van der Waals surface area (Å²) in [5.41, 5.74) is 5.23. The Morgan fingerprint density at radius 2 is 1.95 bits per heavy atom. The first-order valence-electron chi connectivity index (χ1n) is 7.12. The van der Waals surface area contributed by atoms with Crippen LogP contribution in [0.2, 0.25) is 0 Å². The monoisotopic (exact) mass is 306 g/mol. The number of para-hydroxylation sites is 2. The van der Waals surface area contributed by atoms with Crippen LogP contribution in [0.15, 0.2) is 47.3 Å². The minimum atomic E-state index is 0.00803. The van der Waals surface area contributed by atoms with Gasteiger partial charge in [-0.15, -0.1) is 0 Å². The summed E-state index contributed by atoms with van der Waals surface area (Å²) in [7, 11) is 0. The van der Waals surface area contributed by atoms with Crippen molar-refractivity contribution in [3.63, 3.8) is 0 Å². The van der Waals surface area contributed by atoms with E-state index in [1.54, 1.807) is 4.40 Å². The van der Waals surface area contributed by atoms with Crippen LogP contribution in [0, 0.1) is 13.8 Å². The van der Waals surface area contributed by atoms with Gasteiger partial charge < -0.3 is 0 Å². The first-order chi connectivity index (χ1) is 10.6. The van der Waals surface area contributed by atoms with Crippen molar-refractivity contribution < 1.29 is 0 Å². The van der Waals surface area contributed by atoms with Crippen LogP contribution >= 0.6 is 11.3 Å². The number of imidazole rings is 1. The molecule has 0 spiro atoms. The zero-order valence-corrected chi connectivity index (χ0v) is 13.1. The number of rotatable bonds is 1. The Bertz CT molecular complexity index is 1120. The second kappa shape index (κ2) is 4.78. The van der Waals surface area contributed by atoms with Crippen molar-refractivity contribution in [1.29, 1.82) is 0 Å². The van der Waals surface area contributed by atoms with Crippen LogP contribution in [0.1, 0.15) is 16.7 Å². The topological polar surface area (TPSA) is 34.4 Å². The van der Waals surface area contributed by atoms with Gasteiger partial charge in [0.1, 0.15) is 0 Å². The summed E-state index contributed by atoms with van der Waals surface area (Å²) in [5, 5.41) is 0. The molecule has 4 aromatic rings. The molecule has 3 nitrogen and oxygen atoms in total.